The number of carbonyl (C=O) groups is 2. The van der Waals surface area contributed by atoms with E-state index in [-0.39, 0.29) is 26.1 Å². The van der Waals surface area contributed by atoms with Crippen LogP contribution in [0.4, 0.5) is 0 Å². The van der Waals surface area contributed by atoms with Crippen LogP contribution in [0.15, 0.2) is 48.6 Å². The lowest BCUT2D eigenvalue weighted by Crippen LogP contribution is -2.59. The lowest BCUT2D eigenvalue weighted by Gasteiger charge is -2.39. The van der Waals surface area contributed by atoms with Gasteiger partial charge in [0.1, 0.15) is 31.0 Å². The molecule has 10 nitrogen and oxygen atoms in total. The molecule has 2 unspecified atom stereocenters. The van der Waals surface area contributed by atoms with Crippen molar-refractivity contribution in [2.75, 3.05) is 19.8 Å². The van der Waals surface area contributed by atoms with Crippen molar-refractivity contribution in [2.24, 2.45) is 0 Å². The first-order valence-corrected chi connectivity index (χ1v) is 23.2. The topological polar surface area (TPSA) is 152 Å². The lowest BCUT2D eigenvalue weighted by molar-refractivity contribution is -0.305. The number of rotatable bonds is 38. The molecule has 0 aliphatic carbocycles. The average Bonchev–Trinajstić information content (AvgIpc) is 3.22. The van der Waals surface area contributed by atoms with Crippen LogP contribution in [0.5, 0.6) is 0 Å². The molecule has 1 aliphatic rings. The Kier molecular flexibility index (Phi) is 35.9. The summed E-state index contributed by atoms with van der Waals surface area (Å²) >= 11 is 0. The molecule has 0 bridgehead atoms. The van der Waals surface area contributed by atoms with E-state index < -0.39 is 55.4 Å². The molecule has 1 saturated heterocycles. The standard InChI is InChI=1S/C48H84O10/c1-3-5-7-9-11-13-15-17-19-20-21-22-23-25-26-28-30-32-34-36-43(50)55-39-41(40-56-48-47(54)46(53)45(52)42(38-49)58-48)57-44(51)37-35-33-31-29-27-24-18-16-14-12-10-8-6-4-2/h11,13,17,19,21-22,25-26,41-42,45-49,52-54H,3-10,12,14-16,18,20,23-24,27-40H2,1-2H3/b13-11+,19-17+,22-21+,26-25+/t41-,42-,45+,46?,47?,48-/m0/s1. The van der Waals surface area contributed by atoms with Crippen LogP contribution in [0.2, 0.25) is 0 Å². The Morgan fingerprint density at radius 3 is 1.48 bits per heavy atom. The number of aliphatic hydroxyl groups is 4. The summed E-state index contributed by atoms with van der Waals surface area (Å²) in [5.74, 6) is -0.840. The number of hydrogen-bond donors (Lipinski definition) is 4. The zero-order chi connectivity index (χ0) is 42.3. The molecule has 0 aromatic rings. The highest BCUT2D eigenvalue weighted by Gasteiger charge is 2.44. The zero-order valence-corrected chi connectivity index (χ0v) is 36.5. The Labute approximate surface area is 352 Å². The van der Waals surface area contributed by atoms with Gasteiger partial charge in [-0.2, -0.15) is 0 Å². The van der Waals surface area contributed by atoms with Gasteiger partial charge < -0.3 is 39.4 Å². The van der Waals surface area contributed by atoms with Crippen LogP contribution < -0.4 is 0 Å². The number of carbonyl (C=O) groups excluding carboxylic acids is 2. The van der Waals surface area contributed by atoms with Crippen LogP contribution in [-0.2, 0) is 28.5 Å². The third-order valence-corrected chi connectivity index (χ3v) is 10.5. The molecule has 0 saturated carbocycles. The highest BCUT2D eigenvalue weighted by atomic mass is 16.7. The zero-order valence-electron chi connectivity index (χ0n) is 36.5. The maximum atomic E-state index is 12.8. The minimum atomic E-state index is -1.60. The average molecular weight is 821 g/mol. The summed E-state index contributed by atoms with van der Waals surface area (Å²) in [7, 11) is 0. The SMILES string of the molecule is CCCCC/C=C/C/C=C/C/C=C/C/C=C/CCCCCC(=O)OC[C@@H](CO[C@H]1O[C@@H](CO)[C@@H](O)C(O)C1O)OC(=O)CCCCCCCCCCCCCCCC. The molecule has 336 valence electrons. The summed E-state index contributed by atoms with van der Waals surface area (Å²) in [6.07, 6.45) is 38.3. The first-order chi connectivity index (χ1) is 28.3. The summed E-state index contributed by atoms with van der Waals surface area (Å²) in [5.41, 5.74) is 0. The van der Waals surface area contributed by atoms with Gasteiger partial charge in [0, 0.05) is 12.8 Å². The fourth-order valence-corrected chi connectivity index (χ4v) is 6.76. The first-order valence-electron chi connectivity index (χ1n) is 23.2. The summed E-state index contributed by atoms with van der Waals surface area (Å²) in [4.78, 5) is 25.3. The van der Waals surface area contributed by atoms with E-state index in [9.17, 15) is 30.0 Å². The molecule has 1 heterocycles. The van der Waals surface area contributed by atoms with E-state index in [0.29, 0.717) is 12.8 Å². The number of unbranched alkanes of at least 4 members (excludes halogenated alkanes) is 19. The molecule has 4 N–H and O–H groups in total. The smallest absolute Gasteiger partial charge is 0.306 e. The molecule has 0 aromatic heterocycles. The van der Waals surface area contributed by atoms with Gasteiger partial charge in [-0.15, -0.1) is 0 Å². The van der Waals surface area contributed by atoms with Gasteiger partial charge >= 0.3 is 11.9 Å². The van der Waals surface area contributed by atoms with E-state index in [1.165, 1.54) is 89.9 Å². The van der Waals surface area contributed by atoms with Crippen molar-refractivity contribution in [3.8, 4) is 0 Å². The Balaban J connectivity index is 2.34. The minimum absolute atomic E-state index is 0.224. The summed E-state index contributed by atoms with van der Waals surface area (Å²) < 4.78 is 22.1. The second-order valence-corrected chi connectivity index (χ2v) is 15.9. The third-order valence-electron chi connectivity index (χ3n) is 10.5. The maximum Gasteiger partial charge on any atom is 0.306 e. The van der Waals surface area contributed by atoms with Gasteiger partial charge in [0.25, 0.3) is 0 Å². The van der Waals surface area contributed by atoms with Crippen molar-refractivity contribution >= 4 is 11.9 Å². The molecule has 6 atom stereocenters. The second-order valence-electron chi connectivity index (χ2n) is 15.9. The Bertz CT molecular complexity index is 1090. The van der Waals surface area contributed by atoms with Crippen LogP contribution in [0.25, 0.3) is 0 Å². The number of hydrogen-bond acceptors (Lipinski definition) is 10. The highest BCUT2D eigenvalue weighted by Crippen LogP contribution is 2.22. The van der Waals surface area contributed by atoms with Gasteiger partial charge in [-0.05, 0) is 57.8 Å². The van der Waals surface area contributed by atoms with Crippen LogP contribution >= 0.6 is 0 Å². The number of aliphatic hydroxyl groups excluding tert-OH is 4. The van der Waals surface area contributed by atoms with Gasteiger partial charge in [0.05, 0.1) is 13.2 Å². The quantitative estimate of drug-likeness (QED) is 0.0269. The molecule has 10 heteroatoms. The molecule has 58 heavy (non-hydrogen) atoms. The van der Waals surface area contributed by atoms with Gasteiger partial charge in [-0.25, -0.2) is 0 Å². The molecule has 0 spiro atoms. The predicted molar refractivity (Wildman–Crippen MR) is 233 cm³/mol. The van der Waals surface area contributed by atoms with Gasteiger partial charge in [0.15, 0.2) is 12.4 Å². The van der Waals surface area contributed by atoms with E-state index >= 15 is 0 Å². The summed E-state index contributed by atoms with van der Waals surface area (Å²) in [6.45, 7) is 3.37. The van der Waals surface area contributed by atoms with Crippen molar-refractivity contribution in [1.29, 1.82) is 0 Å². The van der Waals surface area contributed by atoms with Crippen LogP contribution in [0.1, 0.15) is 187 Å². The third kappa shape index (κ3) is 29.8. The van der Waals surface area contributed by atoms with Crippen LogP contribution in [-0.4, -0.2) is 89.0 Å². The molecular weight excluding hydrogens is 737 g/mol. The lowest BCUT2D eigenvalue weighted by atomic mass is 9.99. The Morgan fingerprint density at radius 2 is 0.966 bits per heavy atom. The molecular formula is C48H84O10. The molecule has 0 aromatic carbocycles. The van der Waals surface area contributed by atoms with Crippen molar-refractivity contribution in [1.82, 2.24) is 0 Å². The normalized spacial score (nSPS) is 20.6. The van der Waals surface area contributed by atoms with Crippen molar-refractivity contribution < 1.29 is 49.0 Å². The predicted octanol–water partition coefficient (Wildman–Crippen LogP) is 10.1. The van der Waals surface area contributed by atoms with E-state index in [1.54, 1.807) is 0 Å². The van der Waals surface area contributed by atoms with Crippen molar-refractivity contribution in [2.45, 2.75) is 224 Å². The van der Waals surface area contributed by atoms with Gasteiger partial charge in [-0.1, -0.05) is 165 Å². The fraction of sp³-hybridized carbons (Fsp3) is 0.792. The Hall–Kier alpha value is -2.34. The molecule has 0 amide bonds. The number of ether oxygens (including phenoxy) is 4. The van der Waals surface area contributed by atoms with Gasteiger partial charge in [0.2, 0.25) is 0 Å². The molecule has 1 fully saturated rings. The van der Waals surface area contributed by atoms with E-state index in [0.717, 1.165) is 57.8 Å². The van der Waals surface area contributed by atoms with Crippen molar-refractivity contribution in [3.05, 3.63) is 48.6 Å². The van der Waals surface area contributed by atoms with Gasteiger partial charge in [-0.3, -0.25) is 9.59 Å². The fourth-order valence-electron chi connectivity index (χ4n) is 6.76. The van der Waals surface area contributed by atoms with Crippen LogP contribution in [0, 0.1) is 0 Å². The monoisotopic (exact) mass is 821 g/mol. The van der Waals surface area contributed by atoms with E-state index in [4.69, 9.17) is 18.9 Å². The molecule has 1 aliphatic heterocycles. The minimum Gasteiger partial charge on any atom is -0.462 e. The molecule has 0 radical (unpaired) electrons. The second kappa shape index (κ2) is 38.8. The first kappa shape index (κ1) is 53.7. The number of esters is 2. The summed E-state index contributed by atoms with van der Waals surface area (Å²) in [6, 6.07) is 0. The summed E-state index contributed by atoms with van der Waals surface area (Å²) in [5, 5.41) is 40.1. The molecule has 1 rings (SSSR count). The number of allylic oxidation sites excluding steroid dienone is 8. The maximum absolute atomic E-state index is 12.8. The van der Waals surface area contributed by atoms with Crippen molar-refractivity contribution in [3.63, 3.8) is 0 Å². The van der Waals surface area contributed by atoms with Crippen LogP contribution in [0.3, 0.4) is 0 Å². The Morgan fingerprint density at radius 1 is 0.534 bits per heavy atom. The largest absolute Gasteiger partial charge is 0.462 e. The van der Waals surface area contributed by atoms with E-state index in [2.05, 4.69) is 62.5 Å². The highest BCUT2D eigenvalue weighted by molar-refractivity contribution is 5.70. The van der Waals surface area contributed by atoms with E-state index in [1.807, 2.05) is 0 Å².